The normalized spacial score (nSPS) is 12.6. The van der Waals surface area contributed by atoms with Crippen molar-refractivity contribution in [2.75, 3.05) is 0 Å². The summed E-state index contributed by atoms with van der Waals surface area (Å²) in [4.78, 5) is 11.4. The lowest BCUT2D eigenvalue weighted by Gasteiger charge is -2.15. The largest absolute Gasteiger partial charge is 0.349 e. The van der Waals surface area contributed by atoms with Crippen molar-refractivity contribution in [1.29, 1.82) is 0 Å². The minimum atomic E-state index is -0.263. The fourth-order valence-corrected chi connectivity index (χ4v) is 1.21. The van der Waals surface area contributed by atoms with E-state index in [0.29, 0.717) is 0 Å². The molecule has 0 radical (unpaired) electrons. The number of carbonyl (C=O) groups is 1. The van der Waals surface area contributed by atoms with Gasteiger partial charge in [0.2, 0.25) is 5.91 Å². The van der Waals surface area contributed by atoms with Crippen LogP contribution in [-0.4, -0.2) is 5.91 Å². The number of hydrogen-bond acceptors (Lipinski definition) is 1. The van der Waals surface area contributed by atoms with Gasteiger partial charge in [-0.2, -0.15) is 0 Å². The first kappa shape index (κ1) is 11.7. The second kappa shape index (κ2) is 4.91. The predicted octanol–water partition coefficient (Wildman–Crippen LogP) is 2.66. The summed E-state index contributed by atoms with van der Waals surface area (Å²) in [5, 5.41) is 2.85. The quantitative estimate of drug-likeness (QED) is 0.814. The van der Waals surface area contributed by atoms with E-state index in [0.717, 1.165) is 5.56 Å². The standard InChI is InChI=1S/C12H16FNO/c1-8(2)12(15)14-9(3)10-4-6-11(13)7-5-10/h4-9H,1-3H3,(H,14,15)/t9-/m1/s1. The minimum absolute atomic E-state index is 0.00632. The summed E-state index contributed by atoms with van der Waals surface area (Å²) < 4.78 is 12.7. The van der Waals surface area contributed by atoms with E-state index in [9.17, 15) is 9.18 Å². The number of benzene rings is 1. The van der Waals surface area contributed by atoms with Crippen molar-refractivity contribution >= 4 is 5.91 Å². The maximum atomic E-state index is 12.7. The van der Waals surface area contributed by atoms with E-state index in [1.165, 1.54) is 12.1 Å². The molecule has 0 unspecified atom stereocenters. The van der Waals surface area contributed by atoms with Gasteiger partial charge in [0.15, 0.2) is 0 Å². The van der Waals surface area contributed by atoms with Crippen LogP contribution in [0.15, 0.2) is 24.3 Å². The third-order valence-corrected chi connectivity index (χ3v) is 2.25. The molecule has 2 nitrogen and oxygen atoms in total. The number of nitrogens with one attached hydrogen (secondary N) is 1. The second-order valence-corrected chi connectivity index (χ2v) is 3.94. The van der Waals surface area contributed by atoms with Crippen molar-refractivity contribution in [2.45, 2.75) is 26.8 Å². The molecule has 0 spiro atoms. The molecule has 0 bridgehead atoms. The molecule has 0 fully saturated rings. The van der Waals surface area contributed by atoms with Gasteiger partial charge in [-0.25, -0.2) is 4.39 Å². The van der Waals surface area contributed by atoms with Crippen LogP contribution in [0.2, 0.25) is 0 Å². The molecule has 0 saturated heterocycles. The number of halogens is 1. The predicted molar refractivity (Wildman–Crippen MR) is 57.8 cm³/mol. The smallest absolute Gasteiger partial charge is 0.223 e. The molecule has 0 aliphatic rings. The Hall–Kier alpha value is -1.38. The van der Waals surface area contributed by atoms with Crippen molar-refractivity contribution in [1.82, 2.24) is 5.32 Å². The lowest BCUT2D eigenvalue weighted by molar-refractivity contribution is -0.124. The number of hydrogen-bond donors (Lipinski definition) is 1. The molecular weight excluding hydrogens is 193 g/mol. The van der Waals surface area contributed by atoms with Gasteiger partial charge in [0.05, 0.1) is 6.04 Å². The summed E-state index contributed by atoms with van der Waals surface area (Å²) in [5.41, 5.74) is 0.908. The van der Waals surface area contributed by atoms with Crippen molar-refractivity contribution in [3.63, 3.8) is 0 Å². The van der Waals surface area contributed by atoms with Gasteiger partial charge in [-0.3, -0.25) is 4.79 Å². The Labute approximate surface area is 89.5 Å². The van der Waals surface area contributed by atoms with E-state index in [-0.39, 0.29) is 23.7 Å². The second-order valence-electron chi connectivity index (χ2n) is 3.94. The van der Waals surface area contributed by atoms with Crippen LogP contribution in [0.25, 0.3) is 0 Å². The van der Waals surface area contributed by atoms with E-state index >= 15 is 0 Å². The zero-order valence-electron chi connectivity index (χ0n) is 9.25. The van der Waals surface area contributed by atoms with E-state index in [1.807, 2.05) is 20.8 Å². The number of rotatable bonds is 3. The molecule has 0 heterocycles. The SMILES string of the molecule is CC(C)C(=O)N[C@H](C)c1ccc(F)cc1. The summed E-state index contributed by atoms with van der Waals surface area (Å²) >= 11 is 0. The van der Waals surface area contributed by atoms with Crippen LogP contribution < -0.4 is 5.32 Å². The van der Waals surface area contributed by atoms with Crippen molar-refractivity contribution in [3.05, 3.63) is 35.6 Å². The van der Waals surface area contributed by atoms with Crippen LogP contribution in [0.3, 0.4) is 0 Å². The average molecular weight is 209 g/mol. The Morgan fingerprint density at radius 2 is 1.73 bits per heavy atom. The van der Waals surface area contributed by atoms with Crippen LogP contribution in [0.4, 0.5) is 4.39 Å². The molecule has 1 aromatic rings. The molecule has 1 atom stereocenters. The first-order chi connectivity index (χ1) is 7.00. The van der Waals surface area contributed by atoms with Crippen molar-refractivity contribution in [3.8, 4) is 0 Å². The molecule has 3 heteroatoms. The first-order valence-corrected chi connectivity index (χ1v) is 5.06. The topological polar surface area (TPSA) is 29.1 Å². The van der Waals surface area contributed by atoms with E-state index in [2.05, 4.69) is 5.32 Å². The highest BCUT2D eigenvalue weighted by Gasteiger charge is 2.11. The maximum Gasteiger partial charge on any atom is 0.223 e. The molecule has 1 N–H and O–H groups in total. The summed E-state index contributed by atoms with van der Waals surface area (Å²) in [7, 11) is 0. The highest BCUT2D eigenvalue weighted by Crippen LogP contribution is 2.13. The summed E-state index contributed by atoms with van der Waals surface area (Å²) in [6, 6.07) is 6.07. The molecule has 1 rings (SSSR count). The Balaban J connectivity index is 2.65. The first-order valence-electron chi connectivity index (χ1n) is 5.06. The minimum Gasteiger partial charge on any atom is -0.349 e. The molecule has 82 valence electrons. The highest BCUT2D eigenvalue weighted by atomic mass is 19.1. The molecule has 0 aromatic heterocycles. The Bertz CT molecular complexity index is 332. The van der Waals surface area contributed by atoms with Gasteiger partial charge in [-0.15, -0.1) is 0 Å². The zero-order valence-corrected chi connectivity index (χ0v) is 9.25. The monoisotopic (exact) mass is 209 g/mol. The fourth-order valence-electron chi connectivity index (χ4n) is 1.21. The van der Waals surface area contributed by atoms with Crippen molar-refractivity contribution < 1.29 is 9.18 Å². The van der Waals surface area contributed by atoms with Crippen LogP contribution in [0, 0.1) is 11.7 Å². The summed E-state index contributed by atoms with van der Waals surface area (Å²) in [6.45, 7) is 5.56. The summed E-state index contributed by atoms with van der Waals surface area (Å²) in [5.74, 6) is -0.291. The van der Waals surface area contributed by atoms with Crippen LogP contribution in [-0.2, 0) is 4.79 Å². The zero-order chi connectivity index (χ0) is 11.4. The molecule has 1 amide bonds. The van der Waals surface area contributed by atoms with E-state index < -0.39 is 0 Å². The fraction of sp³-hybridized carbons (Fsp3) is 0.417. The van der Waals surface area contributed by atoms with Gasteiger partial charge in [-0.05, 0) is 24.6 Å². The Morgan fingerprint density at radius 1 is 1.20 bits per heavy atom. The number of amides is 1. The van der Waals surface area contributed by atoms with Gasteiger partial charge >= 0.3 is 0 Å². The molecule has 0 saturated carbocycles. The van der Waals surface area contributed by atoms with E-state index in [4.69, 9.17) is 0 Å². The van der Waals surface area contributed by atoms with Crippen molar-refractivity contribution in [2.24, 2.45) is 5.92 Å². The van der Waals surface area contributed by atoms with Crippen LogP contribution in [0.5, 0.6) is 0 Å². The van der Waals surface area contributed by atoms with Crippen LogP contribution >= 0.6 is 0 Å². The average Bonchev–Trinajstić information content (AvgIpc) is 2.18. The molecule has 1 aromatic carbocycles. The summed E-state index contributed by atoms with van der Waals surface area (Å²) in [6.07, 6.45) is 0. The van der Waals surface area contributed by atoms with Gasteiger partial charge in [-0.1, -0.05) is 26.0 Å². The van der Waals surface area contributed by atoms with Crippen LogP contribution in [0.1, 0.15) is 32.4 Å². The lowest BCUT2D eigenvalue weighted by atomic mass is 10.1. The molecular formula is C12H16FNO. The van der Waals surface area contributed by atoms with Gasteiger partial charge in [0, 0.05) is 5.92 Å². The van der Waals surface area contributed by atoms with Gasteiger partial charge in [0.25, 0.3) is 0 Å². The van der Waals surface area contributed by atoms with E-state index in [1.54, 1.807) is 12.1 Å². The number of carbonyl (C=O) groups excluding carboxylic acids is 1. The molecule has 15 heavy (non-hydrogen) atoms. The highest BCUT2D eigenvalue weighted by molar-refractivity contribution is 5.78. The third kappa shape index (κ3) is 3.35. The Kier molecular flexibility index (Phi) is 3.83. The molecule has 0 aliphatic carbocycles. The van der Waals surface area contributed by atoms with Gasteiger partial charge in [0.1, 0.15) is 5.82 Å². The Morgan fingerprint density at radius 3 is 2.20 bits per heavy atom. The maximum absolute atomic E-state index is 12.7. The third-order valence-electron chi connectivity index (χ3n) is 2.25. The lowest BCUT2D eigenvalue weighted by Crippen LogP contribution is -2.30. The molecule has 0 aliphatic heterocycles. The van der Waals surface area contributed by atoms with Gasteiger partial charge < -0.3 is 5.32 Å².